The molecule has 128 valence electrons. The Morgan fingerprint density at radius 3 is 2.88 bits per heavy atom. The second-order valence-corrected chi connectivity index (χ2v) is 6.20. The average molecular weight is 330 g/mol. The summed E-state index contributed by atoms with van der Waals surface area (Å²) >= 11 is 0. The predicted molar refractivity (Wildman–Crippen MR) is 92.4 cm³/mol. The van der Waals surface area contributed by atoms with Crippen LogP contribution < -0.4 is 16.6 Å². The van der Waals surface area contributed by atoms with Crippen LogP contribution in [0.25, 0.3) is 10.9 Å². The fourth-order valence-corrected chi connectivity index (χ4v) is 3.33. The van der Waals surface area contributed by atoms with Gasteiger partial charge in [-0.05, 0) is 51.1 Å². The Balaban J connectivity index is 1.93. The van der Waals surface area contributed by atoms with Crippen molar-refractivity contribution in [3.05, 3.63) is 44.6 Å². The molecule has 7 nitrogen and oxygen atoms in total. The molecule has 24 heavy (non-hydrogen) atoms. The van der Waals surface area contributed by atoms with Crippen molar-refractivity contribution in [2.75, 3.05) is 26.7 Å². The molecule has 1 fully saturated rings. The van der Waals surface area contributed by atoms with E-state index in [0.717, 1.165) is 30.6 Å². The zero-order valence-electron chi connectivity index (χ0n) is 14.0. The smallest absolute Gasteiger partial charge is 0.328 e. The number of benzene rings is 1. The molecule has 0 saturated carbocycles. The maximum atomic E-state index is 12.7. The van der Waals surface area contributed by atoms with Crippen LogP contribution in [-0.4, -0.2) is 47.0 Å². The van der Waals surface area contributed by atoms with Crippen molar-refractivity contribution in [3.8, 4) is 0 Å². The van der Waals surface area contributed by atoms with Gasteiger partial charge in [-0.3, -0.25) is 14.2 Å². The van der Waals surface area contributed by atoms with Crippen molar-refractivity contribution in [2.24, 2.45) is 5.92 Å². The van der Waals surface area contributed by atoms with Crippen LogP contribution in [0.15, 0.2) is 27.8 Å². The Labute approximate surface area is 139 Å². The first-order chi connectivity index (χ1) is 11.5. The van der Waals surface area contributed by atoms with Gasteiger partial charge in [-0.15, -0.1) is 0 Å². The number of aromatic amines is 1. The number of carbonyl (C=O) groups is 1. The van der Waals surface area contributed by atoms with Crippen LogP contribution in [0.4, 0.5) is 0 Å². The van der Waals surface area contributed by atoms with Crippen LogP contribution in [0.1, 0.15) is 23.7 Å². The van der Waals surface area contributed by atoms with E-state index >= 15 is 0 Å². The lowest BCUT2D eigenvalue weighted by molar-refractivity contribution is 0.0787. The van der Waals surface area contributed by atoms with Crippen molar-refractivity contribution in [2.45, 2.75) is 19.9 Å². The van der Waals surface area contributed by atoms with E-state index in [1.54, 1.807) is 25.1 Å². The van der Waals surface area contributed by atoms with Crippen molar-refractivity contribution in [1.82, 2.24) is 19.8 Å². The number of nitrogens with one attached hydrogen (secondary N) is 2. The first kappa shape index (κ1) is 16.4. The van der Waals surface area contributed by atoms with Gasteiger partial charge in [0.2, 0.25) is 0 Å². The Kier molecular flexibility index (Phi) is 4.53. The number of likely N-dealkylation sites (tertiary alicyclic amines) is 1. The fraction of sp³-hybridized carbons (Fsp3) is 0.471. The van der Waals surface area contributed by atoms with Crippen LogP contribution >= 0.6 is 0 Å². The van der Waals surface area contributed by atoms with Crippen molar-refractivity contribution >= 4 is 16.8 Å². The zero-order chi connectivity index (χ0) is 17.3. The molecule has 2 heterocycles. The number of H-pyrrole nitrogens is 1. The van der Waals surface area contributed by atoms with Gasteiger partial charge >= 0.3 is 5.69 Å². The summed E-state index contributed by atoms with van der Waals surface area (Å²) in [4.78, 5) is 41.4. The number of amides is 1. The molecular formula is C17H22N4O3. The first-order valence-electron chi connectivity index (χ1n) is 8.26. The topological polar surface area (TPSA) is 87.2 Å². The number of rotatable bonds is 4. The van der Waals surface area contributed by atoms with Crippen LogP contribution in [0.3, 0.4) is 0 Å². The standard InChI is InChI=1S/C17H22N4O3/c1-3-21-16(23)13-5-4-12(8-14(13)19-17(21)24)15(22)20-7-6-11(10-20)9-18-2/h4-5,8,11,18H,3,6-7,9-10H2,1-2H3,(H,19,24). The van der Waals surface area contributed by atoms with E-state index in [1.165, 1.54) is 0 Å². The van der Waals surface area contributed by atoms with Crippen LogP contribution in [0.5, 0.6) is 0 Å². The average Bonchev–Trinajstić information content (AvgIpc) is 3.03. The highest BCUT2D eigenvalue weighted by atomic mass is 16.2. The lowest BCUT2D eigenvalue weighted by atomic mass is 10.1. The molecule has 1 saturated heterocycles. The molecule has 1 aromatic carbocycles. The van der Waals surface area contributed by atoms with E-state index in [0.29, 0.717) is 28.9 Å². The summed E-state index contributed by atoms with van der Waals surface area (Å²) in [5, 5.41) is 3.56. The summed E-state index contributed by atoms with van der Waals surface area (Å²) in [5.41, 5.74) is 0.129. The van der Waals surface area contributed by atoms with E-state index in [9.17, 15) is 14.4 Å². The lowest BCUT2D eigenvalue weighted by Crippen LogP contribution is -2.34. The molecule has 0 bridgehead atoms. The van der Waals surface area contributed by atoms with Crippen LogP contribution in [0, 0.1) is 5.92 Å². The van der Waals surface area contributed by atoms with E-state index < -0.39 is 5.69 Å². The van der Waals surface area contributed by atoms with Gasteiger partial charge in [0, 0.05) is 25.2 Å². The summed E-state index contributed by atoms with van der Waals surface area (Å²) in [6.07, 6.45) is 0.984. The number of hydrogen-bond acceptors (Lipinski definition) is 4. The Morgan fingerprint density at radius 2 is 2.17 bits per heavy atom. The van der Waals surface area contributed by atoms with E-state index in [4.69, 9.17) is 0 Å². The van der Waals surface area contributed by atoms with Crippen molar-refractivity contribution in [1.29, 1.82) is 0 Å². The van der Waals surface area contributed by atoms with Gasteiger partial charge < -0.3 is 15.2 Å². The molecule has 1 atom stereocenters. The molecule has 1 aromatic heterocycles. The third-order valence-electron chi connectivity index (χ3n) is 4.61. The number of fused-ring (bicyclic) bond motifs is 1. The largest absolute Gasteiger partial charge is 0.338 e. The fourth-order valence-electron chi connectivity index (χ4n) is 3.33. The second-order valence-electron chi connectivity index (χ2n) is 6.20. The second kappa shape index (κ2) is 6.60. The summed E-state index contributed by atoms with van der Waals surface area (Å²) in [7, 11) is 1.91. The van der Waals surface area contributed by atoms with Gasteiger partial charge in [0.25, 0.3) is 11.5 Å². The van der Waals surface area contributed by atoms with Crippen LogP contribution in [0.2, 0.25) is 0 Å². The maximum absolute atomic E-state index is 12.7. The maximum Gasteiger partial charge on any atom is 0.328 e. The molecule has 1 aliphatic rings. The minimum atomic E-state index is -0.449. The molecule has 2 N–H and O–H groups in total. The number of aromatic nitrogens is 2. The number of carbonyl (C=O) groups excluding carboxylic acids is 1. The van der Waals surface area contributed by atoms with E-state index in [-0.39, 0.29) is 11.5 Å². The van der Waals surface area contributed by atoms with Crippen LogP contribution in [-0.2, 0) is 6.54 Å². The minimum Gasteiger partial charge on any atom is -0.338 e. The Hall–Kier alpha value is -2.41. The van der Waals surface area contributed by atoms with Gasteiger partial charge in [0.15, 0.2) is 0 Å². The van der Waals surface area contributed by atoms with Gasteiger partial charge in [-0.2, -0.15) is 0 Å². The van der Waals surface area contributed by atoms with Gasteiger partial charge in [0.1, 0.15) is 0 Å². The molecular weight excluding hydrogens is 308 g/mol. The van der Waals surface area contributed by atoms with Crippen molar-refractivity contribution in [3.63, 3.8) is 0 Å². The third kappa shape index (κ3) is 2.87. The number of hydrogen-bond donors (Lipinski definition) is 2. The molecule has 2 aromatic rings. The molecule has 1 amide bonds. The molecule has 1 unspecified atom stereocenters. The molecule has 7 heteroatoms. The molecule has 1 aliphatic heterocycles. The predicted octanol–water partition coefficient (Wildman–Crippen LogP) is 0.391. The normalized spacial score (nSPS) is 17.6. The Morgan fingerprint density at radius 1 is 1.38 bits per heavy atom. The highest BCUT2D eigenvalue weighted by Gasteiger charge is 2.26. The van der Waals surface area contributed by atoms with Gasteiger partial charge in [0.05, 0.1) is 10.9 Å². The highest BCUT2D eigenvalue weighted by molar-refractivity contribution is 5.97. The molecule has 0 radical (unpaired) electrons. The van der Waals surface area contributed by atoms with Gasteiger partial charge in [-0.25, -0.2) is 4.79 Å². The van der Waals surface area contributed by atoms with E-state index in [2.05, 4.69) is 10.3 Å². The highest BCUT2D eigenvalue weighted by Crippen LogP contribution is 2.19. The first-order valence-corrected chi connectivity index (χ1v) is 8.26. The number of nitrogens with zero attached hydrogens (tertiary/aromatic N) is 2. The summed E-state index contributed by atoms with van der Waals surface area (Å²) in [5.74, 6) is 0.409. The summed E-state index contributed by atoms with van der Waals surface area (Å²) in [6, 6.07) is 4.88. The van der Waals surface area contributed by atoms with E-state index in [1.807, 2.05) is 11.9 Å². The summed E-state index contributed by atoms with van der Waals surface area (Å²) in [6.45, 7) is 4.41. The minimum absolute atomic E-state index is 0.0592. The SMILES string of the molecule is CCn1c(=O)[nH]c2cc(C(=O)N3CCC(CNC)C3)ccc2c1=O. The lowest BCUT2D eigenvalue weighted by Gasteiger charge is -2.17. The van der Waals surface area contributed by atoms with Gasteiger partial charge in [-0.1, -0.05) is 0 Å². The molecule has 0 aliphatic carbocycles. The zero-order valence-corrected chi connectivity index (χ0v) is 14.0. The summed E-state index contributed by atoms with van der Waals surface area (Å²) < 4.78 is 1.15. The third-order valence-corrected chi connectivity index (χ3v) is 4.61. The monoisotopic (exact) mass is 330 g/mol. The quantitative estimate of drug-likeness (QED) is 0.849. The van der Waals surface area contributed by atoms with Crippen molar-refractivity contribution < 1.29 is 4.79 Å². The molecule has 3 rings (SSSR count). The molecule has 0 spiro atoms. The Bertz CT molecular complexity index is 884.